The number of anilines is 3. The third-order valence-electron chi connectivity index (χ3n) is 4.26. The molecule has 0 radical (unpaired) electrons. The van der Waals surface area contributed by atoms with Crippen LogP contribution in [0.15, 0.2) is 0 Å². The zero-order chi connectivity index (χ0) is 15.7. The van der Waals surface area contributed by atoms with Crippen molar-refractivity contribution in [3.63, 3.8) is 0 Å². The van der Waals surface area contributed by atoms with Crippen molar-refractivity contribution in [2.24, 2.45) is 0 Å². The zero-order valence-electron chi connectivity index (χ0n) is 12.5. The predicted molar refractivity (Wildman–Crippen MR) is 80.1 cm³/mol. The van der Waals surface area contributed by atoms with Crippen molar-refractivity contribution in [1.82, 2.24) is 20.3 Å². The second kappa shape index (κ2) is 5.79. The molecule has 7 nitrogen and oxygen atoms in total. The van der Waals surface area contributed by atoms with Gasteiger partial charge in [0.2, 0.25) is 23.8 Å². The molecular weight excluding hydrogens is 292 g/mol. The third-order valence-corrected chi connectivity index (χ3v) is 4.26. The molecule has 0 spiro atoms. The molecular formula is C13H21F2N7. The van der Waals surface area contributed by atoms with E-state index in [0.717, 1.165) is 19.5 Å². The normalized spacial score (nSPS) is 27.3. The number of alkyl halides is 2. The minimum absolute atomic E-state index is 0.102. The van der Waals surface area contributed by atoms with Crippen molar-refractivity contribution in [1.29, 1.82) is 0 Å². The van der Waals surface area contributed by atoms with Crippen LogP contribution in [0.1, 0.15) is 25.7 Å². The van der Waals surface area contributed by atoms with E-state index in [1.807, 2.05) is 11.9 Å². The minimum Gasteiger partial charge on any atom is -0.368 e. The van der Waals surface area contributed by atoms with Crippen LogP contribution in [0.25, 0.3) is 0 Å². The standard InChI is InChI=1S/C13H21F2N7/c1-17-9-3-5-22(7-9)12-20-10(16)19-11(21-12)18-8-2-4-13(14,15)6-8/h8-9,17H,2-7H2,1H3,(H3,16,18,19,20,21)/t8?,9-/m1/s1. The Hall–Kier alpha value is -1.77. The number of hydrogen-bond donors (Lipinski definition) is 3. The lowest BCUT2D eigenvalue weighted by Gasteiger charge is -2.18. The van der Waals surface area contributed by atoms with Crippen LogP contribution in [0.5, 0.6) is 0 Å². The Morgan fingerprint density at radius 3 is 2.68 bits per heavy atom. The van der Waals surface area contributed by atoms with Gasteiger partial charge in [-0.05, 0) is 19.9 Å². The number of hydrogen-bond acceptors (Lipinski definition) is 7. The number of rotatable bonds is 4. The van der Waals surface area contributed by atoms with Crippen molar-refractivity contribution < 1.29 is 8.78 Å². The van der Waals surface area contributed by atoms with Gasteiger partial charge in [0.25, 0.3) is 0 Å². The molecule has 22 heavy (non-hydrogen) atoms. The summed E-state index contributed by atoms with van der Waals surface area (Å²) < 4.78 is 26.5. The Labute approximate surface area is 127 Å². The van der Waals surface area contributed by atoms with Crippen LogP contribution in [-0.2, 0) is 0 Å². The highest BCUT2D eigenvalue weighted by Gasteiger charge is 2.39. The van der Waals surface area contributed by atoms with E-state index < -0.39 is 5.92 Å². The van der Waals surface area contributed by atoms with Gasteiger partial charge < -0.3 is 21.3 Å². The van der Waals surface area contributed by atoms with Crippen molar-refractivity contribution in [2.75, 3.05) is 36.1 Å². The summed E-state index contributed by atoms with van der Waals surface area (Å²) in [5.74, 6) is -1.73. The number of nitrogens with two attached hydrogens (primary N) is 1. The molecule has 2 aliphatic rings. The summed E-state index contributed by atoms with van der Waals surface area (Å²) in [6.07, 6.45) is 1.10. The molecule has 1 aliphatic carbocycles. The fraction of sp³-hybridized carbons (Fsp3) is 0.769. The topological polar surface area (TPSA) is 92.0 Å². The molecule has 1 aromatic heterocycles. The minimum atomic E-state index is -2.60. The van der Waals surface area contributed by atoms with Crippen LogP contribution in [0, 0.1) is 0 Å². The van der Waals surface area contributed by atoms with Crippen LogP contribution in [-0.4, -0.2) is 53.1 Å². The SMILES string of the molecule is CN[C@@H]1CCN(c2nc(N)nc(NC3CCC(F)(F)C3)n2)C1. The Morgan fingerprint density at radius 2 is 2.05 bits per heavy atom. The van der Waals surface area contributed by atoms with Crippen LogP contribution in [0.3, 0.4) is 0 Å². The third kappa shape index (κ3) is 3.34. The quantitative estimate of drug-likeness (QED) is 0.759. The largest absolute Gasteiger partial charge is 0.368 e. The first kappa shape index (κ1) is 15.1. The number of halogens is 2. The molecule has 0 amide bonds. The van der Waals surface area contributed by atoms with Gasteiger partial charge in [0, 0.05) is 38.0 Å². The number of aromatic nitrogens is 3. The van der Waals surface area contributed by atoms with Crippen molar-refractivity contribution >= 4 is 17.8 Å². The summed E-state index contributed by atoms with van der Waals surface area (Å²) >= 11 is 0. The van der Waals surface area contributed by atoms with E-state index in [2.05, 4.69) is 25.6 Å². The van der Waals surface area contributed by atoms with E-state index >= 15 is 0 Å². The van der Waals surface area contributed by atoms with Gasteiger partial charge in [-0.3, -0.25) is 0 Å². The maximum Gasteiger partial charge on any atom is 0.250 e. The highest BCUT2D eigenvalue weighted by Crippen LogP contribution is 2.36. The van der Waals surface area contributed by atoms with Gasteiger partial charge in [0.1, 0.15) is 0 Å². The molecule has 0 bridgehead atoms. The van der Waals surface area contributed by atoms with E-state index in [-0.39, 0.29) is 30.8 Å². The van der Waals surface area contributed by atoms with Crippen LogP contribution in [0.2, 0.25) is 0 Å². The number of nitrogen functional groups attached to an aromatic ring is 1. The molecule has 2 atom stereocenters. The van der Waals surface area contributed by atoms with Gasteiger partial charge >= 0.3 is 0 Å². The molecule has 1 aliphatic heterocycles. The first-order valence-electron chi connectivity index (χ1n) is 7.53. The lowest BCUT2D eigenvalue weighted by atomic mass is 10.2. The Kier molecular flexibility index (Phi) is 3.98. The molecule has 1 unspecified atom stereocenters. The number of nitrogens with one attached hydrogen (secondary N) is 2. The van der Waals surface area contributed by atoms with Crippen LogP contribution in [0.4, 0.5) is 26.6 Å². The molecule has 9 heteroatoms. The van der Waals surface area contributed by atoms with Crippen LogP contribution < -0.4 is 21.3 Å². The highest BCUT2D eigenvalue weighted by atomic mass is 19.3. The van der Waals surface area contributed by atoms with Crippen molar-refractivity contribution in [3.8, 4) is 0 Å². The molecule has 0 aromatic carbocycles. The van der Waals surface area contributed by atoms with Gasteiger partial charge in [-0.15, -0.1) is 0 Å². The van der Waals surface area contributed by atoms with Gasteiger partial charge in [-0.2, -0.15) is 15.0 Å². The first-order chi connectivity index (χ1) is 10.4. The van der Waals surface area contributed by atoms with Gasteiger partial charge in [0.05, 0.1) is 0 Å². The number of likely N-dealkylation sites (N-methyl/N-ethyl adjacent to an activating group) is 1. The zero-order valence-corrected chi connectivity index (χ0v) is 12.5. The molecule has 4 N–H and O–H groups in total. The molecule has 2 fully saturated rings. The van der Waals surface area contributed by atoms with E-state index in [1.54, 1.807) is 0 Å². The molecule has 122 valence electrons. The summed E-state index contributed by atoms with van der Waals surface area (Å²) in [4.78, 5) is 14.5. The smallest absolute Gasteiger partial charge is 0.250 e. The number of nitrogens with zero attached hydrogens (tertiary/aromatic N) is 4. The molecule has 2 heterocycles. The summed E-state index contributed by atoms with van der Waals surface area (Å²) in [5.41, 5.74) is 5.73. The maximum absolute atomic E-state index is 13.3. The summed E-state index contributed by atoms with van der Waals surface area (Å²) in [7, 11) is 1.92. The van der Waals surface area contributed by atoms with E-state index in [9.17, 15) is 8.78 Å². The fourth-order valence-electron chi connectivity index (χ4n) is 3.02. The lowest BCUT2D eigenvalue weighted by molar-refractivity contribution is 0.00851. The summed E-state index contributed by atoms with van der Waals surface area (Å²) in [6.45, 7) is 1.62. The molecule has 3 rings (SSSR count). The predicted octanol–water partition coefficient (Wildman–Crippen LogP) is 0.852. The Bertz CT molecular complexity index is 539. The molecule has 1 aromatic rings. The Balaban J connectivity index is 1.70. The average molecular weight is 313 g/mol. The van der Waals surface area contributed by atoms with E-state index in [4.69, 9.17) is 5.73 Å². The van der Waals surface area contributed by atoms with E-state index in [0.29, 0.717) is 18.4 Å². The second-order valence-corrected chi connectivity index (χ2v) is 5.98. The van der Waals surface area contributed by atoms with Gasteiger partial charge in [0.15, 0.2) is 0 Å². The highest BCUT2D eigenvalue weighted by molar-refractivity contribution is 5.43. The maximum atomic E-state index is 13.3. The molecule has 1 saturated carbocycles. The van der Waals surface area contributed by atoms with Crippen LogP contribution >= 0.6 is 0 Å². The van der Waals surface area contributed by atoms with Gasteiger partial charge in [-0.1, -0.05) is 0 Å². The fourth-order valence-corrected chi connectivity index (χ4v) is 3.02. The van der Waals surface area contributed by atoms with Crippen molar-refractivity contribution in [2.45, 2.75) is 43.7 Å². The summed E-state index contributed by atoms with van der Waals surface area (Å²) in [5, 5.41) is 6.18. The van der Waals surface area contributed by atoms with Gasteiger partial charge in [-0.25, -0.2) is 8.78 Å². The Morgan fingerprint density at radius 1 is 1.23 bits per heavy atom. The second-order valence-electron chi connectivity index (χ2n) is 5.98. The molecule has 1 saturated heterocycles. The average Bonchev–Trinajstić information content (AvgIpc) is 3.04. The monoisotopic (exact) mass is 313 g/mol. The first-order valence-corrected chi connectivity index (χ1v) is 7.53. The summed E-state index contributed by atoms with van der Waals surface area (Å²) in [6, 6.07) is 0.0659. The lowest BCUT2D eigenvalue weighted by Crippen LogP contribution is -2.31. The van der Waals surface area contributed by atoms with E-state index in [1.165, 1.54) is 0 Å². The van der Waals surface area contributed by atoms with Crippen molar-refractivity contribution in [3.05, 3.63) is 0 Å².